The van der Waals surface area contributed by atoms with Gasteiger partial charge < -0.3 is 20.4 Å². The molecule has 64 valence electrons. The average Bonchev–Trinajstić information content (AvgIpc) is 1.97. The highest BCUT2D eigenvalue weighted by Gasteiger charge is 2.34. The Morgan fingerprint density at radius 1 is 1.09 bits per heavy atom. The van der Waals surface area contributed by atoms with Crippen molar-refractivity contribution in [1.82, 2.24) is 0 Å². The van der Waals surface area contributed by atoms with Crippen LogP contribution in [0.4, 0.5) is 0 Å². The maximum Gasteiger partial charge on any atom is 0.112 e. The number of aliphatic hydroxyl groups excluding tert-OH is 4. The molecule has 0 aliphatic heterocycles. The minimum Gasteiger partial charge on any atom is -0.387 e. The minimum atomic E-state index is -1.28. The van der Waals surface area contributed by atoms with Crippen molar-refractivity contribution in [3.05, 3.63) is 11.6 Å². The van der Waals surface area contributed by atoms with Gasteiger partial charge in [0.15, 0.2) is 0 Å². The van der Waals surface area contributed by atoms with Gasteiger partial charge >= 0.3 is 0 Å². The van der Waals surface area contributed by atoms with E-state index in [1.807, 2.05) is 0 Å². The van der Waals surface area contributed by atoms with E-state index in [4.69, 9.17) is 20.4 Å². The summed E-state index contributed by atoms with van der Waals surface area (Å²) in [5, 5.41) is 36.3. The first-order valence-electron chi connectivity index (χ1n) is 3.44. The molecule has 0 aromatic rings. The zero-order valence-corrected chi connectivity index (χ0v) is 6.18. The van der Waals surface area contributed by atoms with Gasteiger partial charge in [0.05, 0.1) is 0 Å². The van der Waals surface area contributed by atoms with Gasteiger partial charge in [-0.25, -0.2) is 0 Å². The predicted octanol–water partition coefficient (Wildman–Crippen LogP) is -1.61. The van der Waals surface area contributed by atoms with Gasteiger partial charge in [0, 0.05) is 0 Å². The molecule has 0 saturated heterocycles. The van der Waals surface area contributed by atoms with Crippen LogP contribution < -0.4 is 0 Å². The molecule has 0 spiro atoms. The molecule has 0 aromatic carbocycles. The maximum absolute atomic E-state index is 9.14. The molecule has 1 aliphatic rings. The highest BCUT2D eigenvalue weighted by molar-refractivity contribution is 5.17. The second kappa shape index (κ2) is 2.91. The zero-order chi connectivity index (χ0) is 8.59. The molecule has 0 radical (unpaired) electrons. The number of aliphatic hydroxyl groups is 4. The Labute approximate surface area is 64.4 Å². The van der Waals surface area contributed by atoms with E-state index in [2.05, 4.69) is 0 Å². The Balaban J connectivity index is 2.83. The Kier molecular flexibility index (Phi) is 2.29. The van der Waals surface area contributed by atoms with Crippen molar-refractivity contribution in [2.75, 3.05) is 0 Å². The molecular formula is C7H12O4. The van der Waals surface area contributed by atoms with E-state index in [1.54, 1.807) is 6.92 Å². The van der Waals surface area contributed by atoms with E-state index in [0.717, 1.165) is 0 Å². The van der Waals surface area contributed by atoms with Gasteiger partial charge in [0.25, 0.3) is 0 Å². The molecule has 1 aliphatic carbocycles. The molecule has 11 heavy (non-hydrogen) atoms. The van der Waals surface area contributed by atoms with Crippen LogP contribution in [0.15, 0.2) is 11.6 Å². The van der Waals surface area contributed by atoms with Crippen molar-refractivity contribution in [3.8, 4) is 0 Å². The van der Waals surface area contributed by atoms with Crippen molar-refractivity contribution < 1.29 is 20.4 Å². The fraction of sp³-hybridized carbons (Fsp3) is 0.714. The largest absolute Gasteiger partial charge is 0.387 e. The van der Waals surface area contributed by atoms with Crippen LogP contribution in [0.3, 0.4) is 0 Å². The van der Waals surface area contributed by atoms with Gasteiger partial charge in [0.1, 0.15) is 24.4 Å². The minimum absolute atomic E-state index is 0.482. The summed E-state index contributed by atoms with van der Waals surface area (Å²) in [6.07, 6.45) is -3.37. The highest BCUT2D eigenvalue weighted by atomic mass is 16.4. The summed E-state index contributed by atoms with van der Waals surface area (Å²) < 4.78 is 0. The predicted molar refractivity (Wildman–Crippen MR) is 37.8 cm³/mol. The maximum atomic E-state index is 9.14. The molecule has 0 aromatic heterocycles. The molecule has 4 atom stereocenters. The van der Waals surface area contributed by atoms with E-state index in [1.165, 1.54) is 6.08 Å². The van der Waals surface area contributed by atoms with Crippen LogP contribution in [0.1, 0.15) is 6.92 Å². The third kappa shape index (κ3) is 1.44. The van der Waals surface area contributed by atoms with E-state index in [-0.39, 0.29) is 0 Å². The van der Waals surface area contributed by atoms with Crippen LogP contribution in [-0.4, -0.2) is 44.8 Å². The lowest BCUT2D eigenvalue weighted by Gasteiger charge is -2.30. The van der Waals surface area contributed by atoms with Crippen LogP contribution in [0.2, 0.25) is 0 Å². The lowest BCUT2D eigenvalue weighted by atomic mass is 9.91. The van der Waals surface area contributed by atoms with Gasteiger partial charge in [-0.15, -0.1) is 0 Å². The van der Waals surface area contributed by atoms with Crippen molar-refractivity contribution in [3.63, 3.8) is 0 Å². The van der Waals surface area contributed by atoms with Gasteiger partial charge in [-0.3, -0.25) is 0 Å². The van der Waals surface area contributed by atoms with Gasteiger partial charge in [-0.05, 0) is 12.5 Å². The van der Waals surface area contributed by atoms with Crippen molar-refractivity contribution in [1.29, 1.82) is 0 Å². The van der Waals surface area contributed by atoms with Crippen molar-refractivity contribution in [2.24, 2.45) is 0 Å². The molecule has 4 nitrogen and oxygen atoms in total. The third-order valence-corrected chi connectivity index (χ3v) is 1.92. The molecule has 0 saturated carbocycles. The van der Waals surface area contributed by atoms with Gasteiger partial charge in [0.2, 0.25) is 0 Å². The molecule has 0 heterocycles. The van der Waals surface area contributed by atoms with Crippen LogP contribution in [0, 0.1) is 0 Å². The van der Waals surface area contributed by atoms with Crippen LogP contribution in [0.5, 0.6) is 0 Å². The average molecular weight is 160 g/mol. The number of hydrogen-bond acceptors (Lipinski definition) is 4. The summed E-state index contributed by atoms with van der Waals surface area (Å²) >= 11 is 0. The molecule has 4 N–H and O–H groups in total. The topological polar surface area (TPSA) is 80.9 Å². The molecule has 4 heteroatoms. The van der Waals surface area contributed by atoms with E-state index in [9.17, 15) is 0 Å². The van der Waals surface area contributed by atoms with Crippen LogP contribution in [-0.2, 0) is 0 Å². The number of rotatable bonds is 0. The first kappa shape index (κ1) is 8.67. The molecule has 0 fully saturated rings. The highest BCUT2D eigenvalue weighted by Crippen LogP contribution is 2.19. The molecule has 0 bridgehead atoms. The molecule has 1 rings (SSSR count). The normalized spacial score (nSPS) is 45.4. The summed E-state index contributed by atoms with van der Waals surface area (Å²) in [7, 11) is 0. The van der Waals surface area contributed by atoms with Crippen LogP contribution >= 0.6 is 0 Å². The lowest BCUT2D eigenvalue weighted by Crippen LogP contribution is -2.47. The van der Waals surface area contributed by atoms with Crippen LogP contribution in [0.25, 0.3) is 0 Å². The summed E-state index contributed by atoms with van der Waals surface area (Å²) in [4.78, 5) is 0. The fourth-order valence-electron chi connectivity index (χ4n) is 1.12. The summed E-state index contributed by atoms with van der Waals surface area (Å²) in [6.45, 7) is 1.59. The second-order valence-electron chi connectivity index (χ2n) is 2.83. The Morgan fingerprint density at radius 2 is 1.64 bits per heavy atom. The third-order valence-electron chi connectivity index (χ3n) is 1.92. The summed E-state index contributed by atoms with van der Waals surface area (Å²) in [5.41, 5.74) is 0.482. The molecule has 0 amide bonds. The second-order valence-corrected chi connectivity index (χ2v) is 2.83. The monoisotopic (exact) mass is 160 g/mol. The van der Waals surface area contributed by atoms with Crippen molar-refractivity contribution in [2.45, 2.75) is 31.3 Å². The lowest BCUT2D eigenvalue weighted by molar-refractivity contribution is -0.0924. The van der Waals surface area contributed by atoms with E-state index in [0.29, 0.717) is 5.57 Å². The van der Waals surface area contributed by atoms with Gasteiger partial charge in [-0.2, -0.15) is 0 Å². The SMILES string of the molecule is CC1=C[C@H](O)[C@H](O)[C@@H](O)[C@H]1O. The first-order valence-corrected chi connectivity index (χ1v) is 3.44. The van der Waals surface area contributed by atoms with E-state index >= 15 is 0 Å². The Hall–Kier alpha value is -0.420. The zero-order valence-electron chi connectivity index (χ0n) is 6.18. The standard InChI is InChI=1S/C7H12O4/c1-3-2-4(8)6(10)7(11)5(3)9/h2,4-11H,1H3/t4-,5-,6-,7-/m0/s1. The first-order chi connectivity index (χ1) is 5.04. The van der Waals surface area contributed by atoms with Gasteiger partial charge in [-0.1, -0.05) is 6.08 Å². The quantitative estimate of drug-likeness (QED) is 0.321. The molecular weight excluding hydrogens is 148 g/mol. The smallest absolute Gasteiger partial charge is 0.112 e. The number of hydrogen-bond donors (Lipinski definition) is 4. The van der Waals surface area contributed by atoms with E-state index < -0.39 is 24.4 Å². The fourth-order valence-corrected chi connectivity index (χ4v) is 1.12. The Bertz CT molecular complexity index is 177. The Morgan fingerprint density at radius 3 is 2.18 bits per heavy atom. The van der Waals surface area contributed by atoms with Crippen molar-refractivity contribution >= 4 is 0 Å². The summed E-state index contributed by atoms with van der Waals surface area (Å²) in [5.74, 6) is 0. The summed E-state index contributed by atoms with van der Waals surface area (Å²) in [6, 6.07) is 0. The molecule has 0 unspecified atom stereocenters.